The predicted octanol–water partition coefficient (Wildman–Crippen LogP) is 3.76. The Bertz CT molecular complexity index is 451. The van der Waals surface area contributed by atoms with Crippen molar-refractivity contribution in [1.29, 1.82) is 0 Å². The largest absolute Gasteiger partial charge is 0.320 e. The van der Waals surface area contributed by atoms with Gasteiger partial charge < -0.3 is 5.73 Å². The van der Waals surface area contributed by atoms with Gasteiger partial charge in [0.25, 0.3) is 0 Å². The van der Waals surface area contributed by atoms with E-state index in [4.69, 9.17) is 17.3 Å². The molecule has 1 aromatic heterocycles. The zero-order valence-electron chi connectivity index (χ0n) is 8.41. The highest BCUT2D eigenvalue weighted by atomic mass is 35.5. The summed E-state index contributed by atoms with van der Waals surface area (Å²) >= 11 is 7.59. The van der Waals surface area contributed by atoms with E-state index in [-0.39, 0.29) is 6.04 Å². The van der Waals surface area contributed by atoms with Gasteiger partial charge in [-0.05, 0) is 41.6 Å². The standard InChI is InChI=1S/C12H12ClNS/c1-8-7-9(13)4-5-10(8)12(14)11-3-2-6-15-11/h2-7,12H,14H2,1H3/t12-/m0/s1. The molecule has 0 aliphatic carbocycles. The van der Waals surface area contributed by atoms with Gasteiger partial charge in [-0.3, -0.25) is 0 Å². The van der Waals surface area contributed by atoms with Crippen LogP contribution in [0.1, 0.15) is 22.0 Å². The van der Waals surface area contributed by atoms with Gasteiger partial charge in [-0.2, -0.15) is 0 Å². The first-order chi connectivity index (χ1) is 7.18. The predicted molar refractivity (Wildman–Crippen MR) is 66.5 cm³/mol. The molecule has 2 rings (SSSR count). The average molecular weight is 238 g/mol. The minimum absolute atomic E-state index is 0.0396. The van der Waals surface area contributed by atoms with Gasteiger partial charge in [0.1, 0.15) is 0 Å². The number of thiophene rings is 1. The van der Waals surface area contributed by atoms with Crippen LogP contribution in [0.3, 0.4) is 0 Å². The lowest BCUT2D eigenvalue weighted by molar-refractivity contribution is 0.883. The van der Waals surface area contributed by atoms with E-state index in [1.54, 1.807) is 11.3 Å². The van der Waals surface area contributed by atoms with Gasteiger partial charge in [0.15, 0.2) is 0 Å². The maximum absolute atomic E-state index is 6.18. The first-order valence-electron chi connectivity index (χ1n) is 4.73. The maximum Gasteiger partial charge on any atom is 0.0648 e. The summed E-state index contributed by atoms with van der Waals surface area (Å²) in [6.07, 6.45) is 0. The molecule has 0 radical (unpaired) electrons. The monoisotopic (exact) mass is 237 g/mol. The third-order valence-corrected chi connectivity index (χ3v) is 3.61. The zero-order chi connectivity index (χ0) is 10.8. The highest BCUT2D eigenvalue weighted by Crippen LogP contribution is 2.27. The van der Waals surface area contributed by atoms with Crippen LogP contribution in [0.2, 0.25) is 5.02 Å². The fourth-order valence-electron chi connectivity index (χ4n) is 1.61. The molecule has 0 aliphatic heterocycles. The Morgan fingerprint density at radius 3 is 2.73 bits per heavy atom. The van der Waals surface area contributed by atoms with E-state index in [9.17, 15) is 0 Å². The van der Waals surface area contributed by atoms with Crippen molar-refractivity contribution in [2.24, 2.45) is 5.73 Å². The fourth-order valence-corrected chi connectivity index (χ4v) is 2.58. The molecule has 0 saturated heterocycles. The van der Waals surface area contributed by atoms with E-state index in [2.05, 4.69) is 6.07 Å². The van der Waals surface area contributed by atoms with Crippen molar-refractivity contribution in [3.05, 3.63) is 56.7 Å². The number of benzene rings is 1. The van der Waals surface area contributed by atoms with Crippen LogP contribution in [0.5, 0.6) is 0 Å². The van der Waals surface area contributed by atoms with Crippen LogP contribution in [0.25, 0.3) is 0 Å². The minimum Gasteiger partial charge on any atom is -0.320 e. The molecule has 1 nitrogen and oxygen atoms in total. The number of hydrogen-bond donors (Lipinski definition) is 1. The van der Waals surface area contributed by atoms with E-state index < -0.39 is 0 Å². The summed E-state index contributed by atoms with van der Waals surface area (Å²) in [6.45, 7) is 2.04. The van der Waals surface area contributed by atoms with E-state index in [0.29, 0.717) is 0 Å². The SMILES string of the molecule is Cc1cc(Cl)ccc1[C@H](N)c1cccs1. The molecule has 0 bridgehead atoms. The lowest BCUT2D eigenvalue weighted by Crippen LogP contribution is -2.11. The van der Waals surface area contributed by atoms with Crippen molar-refractivity contribution in [3.63, 3.8) is 0 Å². The molecule has 1 heterocycles. The highest BCUT2D eigenvalue weighted by molar-refractivity contribution is 7.10. The van der Waals surface area contributed by atoms with Gasteiger partial charge in [0.2, 0.25) is 0 Å². The molecule has 3 heteroatoms. The number of aryl methyl sites for hydroxylation is 1. The molecule has 1 aromatic carbocycles. The lowest BCUT2D eigenvalue weighted by atomic mass is 10.0. The Kier molecular flexibility index (Phi) is 3.10. The second-order valence-electron chi connectivity index (χ2n) is 3.49. The topological polar surface area (TPSA) is 26.0 Å². The Labute approximate surface area is 98.5 Å². The van der Waals surface area contributed by atoms with Crippen LogP contribution in [0.15, 0.2) is 35.7 Å². The van der Waals surface area contributed by atoms with Gasteiger partial charge in [0.05, 0.1) is 6.04 Å². The van der Waals surface area contributed by atoms with Crippen molar-refractivity contribution >= 4 is 22.9 Å². The second-order valence-corrected chi connectivity index (χ2v) is 4.91. The van der Waals surface area contributed by atoms with Gasteiger partial charge in [-0.1, -0.05) is 23.7 Å². The molecule has 0 spiro atoms. The Morgan fingerprint density at radius 1 is 1.33 bits per heavy atom. The van der Waals surface area contributed by atoms with Crippen molar-refractivity contribution in [2.75, 3.05) is 0 Å². The molecule has 0 fully saturated rings. The van der Waals surface area contributed by atoms with Crippen LogP contribution in [-0.4, -0.2) is 0 Å². The fraction of sp³-hybridized carbons (Fsp3) is 0.167. The van der Waals surface area contributed by atoms with Crippen molar-refractivity contribution in [2.45, 2.75) is 13.0 Å². The maximum atomic E-state index is 6.18. The minimum atomic E-state index is -0.0396. The normalized spacial score (nSPS) is 12.7. The summed E-state index contributed by atoms with van der Waals surface area (Å²) < 4.78 is 0. The van der Waals surface area contributed by atoms with E-state index >= 15 is 0 Å². The summed E-state index contributed by atoms with van der Waals surface area (Å²) in [4.78, 5) is 1.18. The molecule has 78 valence electrons. The van der Waals surface area contributed by atoms with Crippen LogP contribution in [0.4, 0.5) is 0 Å². The summed E-state index contributed by atoms with van der Waals surface area (Å²) in [5.74, 6) is 0. The summed E-state index contributed by atoms with van der Waals surface area (Å²) in [5, 5.41) is 2.80. The molecular formula is C12H12ClNS. The van der Waals surface area contributed by atoms with Crippen LogP contribution in [-0.2, 0) is 0 Å². The summed E-state index contributed by atoms with van der Waals surface area (Å²) in [6, 6.07) is 9.88. The third kappa shape index (κ3) is 2.23. The van der Waals surface area contributed by atoms with Crippen molar-refractivity contribution in [1.82, 2.24) is 0 Å². The molecule has 0 aliphatic rings. The van der Waals surface area contributed by atoms with Crippen molar-refractivity contribution < 1.29 is 0 Å². The molecule has 0 saturated carbocycles. The number of hydrogen-bond acceptors (Lipinski definition) is 2. The van der Waals surface area contributed by atoms with Gasteiger partial charge >= 0.3 is 0 Å². The van der Waals surface area contributed by atoms with E-state index in [1.807, 2.05) is 36.6 Å². The third-order valence-electron chi connectivity index (χ3n) is 2.42. The molecule has 1 atom stereocenters. The highest BCUT2D eigenvalue weighted by Gasteiger charge is 2.11. The van der Waals surface area contributed by atoms with E-state index in [1.165, 1.54) is 4.88 Å². The second kappa shape index (κ2) is 4.35. The zero-order valence-corrected chi connectivity index (χ0v) is 9.98. The smallest absolute Gasteiger partial charge is 0.0648 e. The molecule has 0 unspecified atom stereocenters. The van der Waals surface area contributed by atoms with Gasteiger partial charge in [-0.15, -0.1) is 11.3 Å². The quantitative estimate of drug-likeness (QED) is 0.846. The first kappa shape index (κ1) is 10.7. The van der Waals surface area contributed by atoms with Crippen molar-refractivity contribution in [3.8, 4) is 0 Å². The Hall–Kier alpha value is -0.830. The summed E-state index contributed by atoms with van der Waals surface area (Å²) in [7, 11) is 0. The van der Waals surface area contributed by atoms with Gasteiger partial charge in [-0.25, -0.2) is 0 Å². The Morgan fingerprint density at radius 2 is 2.13 bits per heavy atom. The molecule has 15 heavy (non-hydrogen) atoms. The number of nitrogens with two attached hydrogens (primary N) is 1. The lowest BCUT2D eigenvalue weighted by Gasteiger charge is -2.13. The molecule has 0 amide bonds. The van der Waals surface area contributed by atoms with Crippen LogP contribution >= 0.6 is 22.9 Å². The van der Waals surface area contributed by atoms with E-state index in [0.717, 1.165) is 16.1 Å². The number of rotatable bonds is 2. The molecule has 2 aromatic rings. The Balaban J connectivity index is 2.38. The van der Waals surface area contributed by atoms with Crippen LogP contribution in [0, 0.1) is 6.92 Å². The summed E-state index contributed by atoms with van der Waals surface area (Å²) in [5.41, 5.74) is 8.46. The van der Waals surface area contributed by atoms with Crippen LogP contribution < -0.4 is 5.73 Å². The first-order valence-corrected chi connectivity index (χ1v) is 5.99. The number of halogens is 1. The molecule has 2 N–H and O–H groups in total. The molecular weight excluding hydrogens is 226 g/mol. The van der Waals surface area contributed by atoms with Gasteiger partial charge in [0, 0.05) is 9.90 Å². The average Bonchev–Trinajstić information content (AvgIpc) is 2.69.